The number of nitrogens with two attached hydrogens (primary N) is 1. The highest BCUT2D eigenvalue weighted by Gasteiger charge is 2.17. The van der Waals surface area contributed by atoms with Gasteiger partial charge in [-0.1, -0.05) is 6.07 Å². The minimum Gasteiger partial charge on any atom is -0.398 e. The Balaban J connectivity index is 2.19. The zero-order valence-corrected chi connectivity index (χ0v) is 12.1. The third kappa shape index (κ3) is 3.12. The lowest BCUT2D eigenvalue weighted by Crippen LogP contribution is -2.24. The Hall–Kier alpha value is -1.99. The van der Waals surface area contributed by atoms with Crippen molar-refractivity contribution in [3.05, 3.63) is 47.5 Å². The number of nitrogens with zero attached hydrogens (tertiary/aromatic N) is 2. The molecule has 0 spiro atoms. The predicted octanol–water partition coefficient (Wildman–Crippen LogP) is 1.15. The van der Waals surface area contributed by atoms with Crippen LogP contribution in [-0.4, -0.2) is 18.4 Å². The van der Waals surface area contributed by atoms with Crippen LogP contribution in [0.5, 0.6) is 0 Å². The summed E-state index contributed by atoms with van der Waals surface area (Å²) in [6.07, 6.45) is 3.14. The van der Waals surface area contributed by atoms with Gasteiger partial charge < -0.3 is 5.73 Å². The fourth-order valence-electron chi connectivity index (χ4n) is 1.68. The molecule has 3 N–H and O–H groups in total. The fraction of sp³-hybridized carbons (Fsp3) is 0.231. The van der Waals surface area contributed by atoms with Gasteiger partial charge in [-0.3, -0.25) is 9.97 Å². The molecule has 0 amide bonds. The Kier molecular flexibility index (Phi) is 4.01. The molecule has 0 saturated carbocycles. The Morgan fingerprint density at radius 3 is 2.60 bits per heavy atom. The van der Waals surface area contributed by atoms with Gasteiger partial charge in [0.15, 0.2) is 0 Å². The summed E-state index contributed by atoms with van der Waals surface area (Å²) in [4.78, 5) is 8.35. The van der Waals surface area contributed by atoms with Crippen LogP contribution in [0.4, 0.5) is 5.69 Å². The topological polar surface area (TPSA) is 98.0 Å². The van der Waals surface area contributed by atoms with Crippen molar-refractivity contribution in [1.82, 2.24) is 14.7 Å². The molecule has 6 nitrogen and oxygen atoms in total. The third-order valence-electron chi connectivity index (χ3n) is 2.89. The maximum absolute atomic E-state index is 12.2. The molecule has 0 fully saturated rings. The lowest BCUT2D eigenvalue weighted by molar-refractivity contribution is 0.579. The minimum atomic E-state index is -3.62. The highest BCUT2D eigenvalue weighted by molar-refractivity contribution is 7.89. The van der Waals surface area contributed by atoms with Crippen molar-refractivity contribution in [3.8, 4) is 0 Å². The monoisotopic (exact) mass is 292 g/mol. The van der Waals surface area contributed by atoms with E-state index in [-0.39, 0.29) is 11.4 Å². The van der Waals surface area contributed by atoms with E-state index in [2.05, 4.69) is 14.7 Å². The van der Waals surface area contributed by atoms with Gasteiger partial charge in [-0.25, -0.2) is 13.1 Å². The number of nitrogen functional groups attached to an aromatic ring is 1. The van der Waals surface area contributed by atoms with E-state index in [1.165, 1.54) is 6.07 Å². The van der Waals surface area contributed by atoms with Gasteiger partial charge in [0.2, 0.25) is 10.0 Å². The lowest BCUT2D eigenvalue weighted by Gasteiger charge is -2.10. The predicted molar refractivity (Wildman–Crippen MR) is 76.4 cm³/mol. The number of hydrogen-bond acceptors (Lipinski definition) is 5. The molecule has 0 saturated heterocycles. The zero-order valence-electron chi connectivity index (χ0n) is 11.3. The molecule has 0 aliphatic rings. The highest BCUT2D eigenvalue weighted by atomic mass is 32.2. The molecule has 20 heavy (non-hydrogen) atoms. The number of sulfonamides is 1. The van der Waals surface area contributed by atoms with Gasteiger partial charge in [0, 0.05) is 11.9 Å². The molecule has 0 aliphatic carbocycles. The van der Waals surface area contributed by atoms with Gasteiger partial charge in [-0.2, -0.15) is 0 Å². The van der Waals surface area contributed by atoms with Crippen molar-refractivity contribution in [2.45, 2.75) is 25.3 Å². The molecule has 0 atom stereocenters. The van der Waals surface area contributed by atoms with Gasteiger partial charge in [-0.15, -0.1) is 0 Å². The minimum absolute atomic E-state index is 0.0872. The Morgan fingerprint density at radius 1 is 1.20 bits per heavy atom. The van der Waals surface area contributed by atoms with Gasteiger partial charge in [-0.05, 0) is 31.5 Å². The van der Waals surface area contributed by atoms with Gasteiger partial charge in [0.1, 0.15) is 0 Å². The molecule has 2 aromatic rings. The van der Waals surface area contributed by atoms with Crippen LogP contribution >= 0.6 is 0 Å². The molecule has 1 aromatic heterocycles. The molecule has 106 valence electrons. The first-order valence-corrected chi connectivity index (χ1v) is 7.51. The first kappa shape index (κ1) is 14.4. The van der Waals surface area contributed by atoms with E-state index in [0.717, 1.165) is 5.69 Å². The lowest BCUT2D eigenvalue weighted by atomic mass is 10.2. The Morgan fingerprint density at radius 2 is 1.95 bits per heavy atom. The molecular weight excluding hydrogens is 276 g/mol. The SMILES string of the molecule is Cc1cnc(CNS(=O)(=O)c2cccc(N)c2C)cn1. The van der Waals surface area contributed by atoms with Crippen molar-refractivity contribution in [1.29, 1.82) is 0 Å². The van der Waals surface area contributed by atoms with E-state index in [4.69, 9.17) is 5.73 Å². The van der Waals surface area contributed by atoms with Crippen LogP contribution in [-0.2, 0) is 16.6 Å². The number of aromatic nitrogens is 2. The summed E-state index contributed by atoms with van der Waals surface area (Å²) < 4.78 is 27.0. The number of rotatable bonds is 4. The smallest absolute Gasteiger partial charge is 0.241 e. The molecule has 0 aliphatic heterocycles. The average molecular weight is 292 g/mol. The van der Waals surface area contributed by atoms with Gasteiger partial charge >= 0.3 is 0 Å². The quantitative estimate of drug-likeness (QED) is 0.824. The van der Waals surface area contributed by atoms with Gasteiger partial charge in [0.05, 0.1) is 29.0 Å². The summed E-state index contributed by atoms with van der Waals surface area (Å²) in [5, 5.41) is 0. The summed E-state index contributed by atoms with van der Waals surface area (Å²) in [5.74, 6) is 0. The largest absolute Gasteiger partial charge is 0.398 e. The second-order valence-corrected chi connectivity index (χ2v) is 6.18. The van der Waals surface area contributed by atoms with Crippen molar-refractivity contribution >= 4 is 15.7 Å². The molecule has 7 heteroatoms. The Bertz CT molecular complexity index is 712. The molecule has 2 rings (SSSR count). The van der Waals surface area contributed by atoms with Crippen LogP contribution in [0.1, 0.15) is 17.0 Å². The summed E-state index contributed by atoms with van der Waals surface area (Å²) in [6, 6.07) is 4.80. The van der Waals surface area contributed by atoms with Crippen molar-refractivity contribution in [2.24, 2.45) is 0 Å². The normalized spacial score (nSPS) is 11.5. The van der Waals surface area contributed by atoms with Gasteiger partial charge in [0.25, 0.3) is 0 Å². The first-order valence-electron chi connectivity index (χ1n) is 6.02. The summed E-state index contributed by atoms with van der Waals surface area (Å²) in [7, 11) is -3.62. The maximum Gasteiger partial charge on any atom is 0.241 e. The van der Waals surface area contributed by atoms with Crippen LogP contribution in [0, 0.1) is 13.8 Å². The average Bonchev–Trinajstić information content (AvgIpc) is 2.41. The molecule has 0 unspecified atom stereocenters. The van der Waals surface area contributed by atoms with Crippen LogP contribution in [0.25, 0.3) is 0 Å². The first-order chi connectivity index (χ1) is 9.40. The van der Waals surface area contributed by atoms with Crippen LogP contribution in [0.15, 0.2) is 35.5 Å². The number of hydrogen-bond donors (Lipinski definition) is 2. The Labute approximate surface area is 118 Å². The zero-order chi connectivity index (χ0) is 14.8. The molecular formula is C13H16N4O2S. The summed E-state index contributed by atoms with van der Waals surface area (Å²) >= 11 is 0. The van der Waals surface area contributed by atoms with Crippen LogP contribution < -0.4 is 10.5 Å². The van der Waals surface area contributed by atoms with E-state index in [1.54, 1.807) is 31.5 Å². The second kappa shape index (κ2) is 5.56. The molecule has 1 aromatic carbocycles. The number of nitrogens with one attached hydrogen (secondary N) is 1. The van der Waals surface area contributed by atoms with Crippen molar-refractivity contribution in [2.75, 3.05) is 5.73 Å². The summed E-state index contributed by atoms with van der Waals surface area (Å²) in [5.41, 5.74) is 8.05. The molecule has 0 bridgehead atoms. The fourth-order valence-corrected chi connectivity index (χ4v) is 2.95. The van der Waals surface area contributed by atoms with E-state index in [9.17, 15) is 8.42 Å². The maximum atomic E-state index is 12.2. The molecule has 0 radical (unpaired) electrons. The van der Waals surface area contributed by atoms with Crippen molar-refractivity contribution in [3.63, 3.8) is 0 Å². The third-order valence-corrected chi connectivity index (χ3v) is 4.44. The van der Waals surface area contributed by atoms with E-state index in [0.29, 0.717) is 16.9 Å². The van der Waals surface area contributed by atoms with E-state index < -0.39 is 10.0 Å². The number of benzene rings is 1. The standard InChI is InChI=1S/C13H16N4O2S/c1-9-6-16-11(7-15-9)8-17-20(18,19)13-5-3-4-12(14)10(13)2/h3-7,17H,8,14H2,1-2H3. The van der Waals surface area contributed by atoms with Crippen molar-refractivity contribution < 1.29 is 8.42 Å². The van der Waals surface area contributed by atoms with Crippen LogP contribution in [0.2, 0.25) is 0 Å². The van der Waals surface area contributed by atoms with Crippen LogP contribution in [0.3, 0.4) is 0 Å². The number of anilines is 1. The van der Waals surface area contributed by atoms with E-state index in [1.807, 2.05) is 6.92 Å². The molecule has 1 heterocycles. The second-order valence-electron chi connectivity index (χ2n) is 4.44. The van der Waals surface area contributed by atoms with E-state index >= 15 is 0 Å². The highest BCUT2D eigenvalue weighted by Crippen LogP contribution is 2.20. The number of aryl methyl sites for hydroxylation is 1. The summed E-state index contributed by atoms with van der Waals surface area (Å²) in [6.45, 7) is 3.58.